The third-order valence-electron chi connectivity index (χ3n) is 3.45. The molecule has 0 bridgehead atoms. The average molecular weight is 469 g/mol. The molecule has 0 spiro atoms. The van der Waals surface area contributed by atoms with Gasteiger partial charge in [0.25, 0.3) is 0 Å². The molecule has 6 nitrogen and oxygen atoms in total. The van der Waals surface area contributed by atoms with E-state index >= 15 is 0 Å². The number of benzene rings is 1. The number of hydrogen-bond acceptors (Lipinski definition) is 4. The minimum Gasteiger partial charge on any atom is -0.467 e. The van der Waals surface area contributed by atoms with Gasteiger partial charge in [0.1, 0.15) is 18.8 Å². The van der Waals surface area contributed by atoms with Crippen molar-refractivity contribution in [2.24, 2.45) is 0 Å². The third-order valence-corrected chi connectivity index (χ3v) is 5.25. The van der Waals surface area contributed by atoms with E-state index in [0.717, 1.165) is 10.6 Å². The van der Waals surface area contributed by atoms with Crippen molar-refractivity contribution in [3.8, 4) is 0 Å². The van der Waals surface area contributed by atoms with Crippen molar-refractivity contribution in [3.05, 3.63) is 52.9 Å². The van der Waals surface area contributed by atoms with Crippen molar-refractivity contribution in [3.63, 3.8) is 0 Å². The molecule has 0 N–H and O–H groups in total. The Balaban J connectivity index is 2.30. The average Bonchev–Trinajstić information content (AvgIpc) is 3.03. The van der Waals surface area contributed by atoms with Crippen molar-refractivity contribution < 1.29 is 30.8 Å². The Kier molecular flexibility index (Phi) is 6.58. The van der Waals surface area contributed by atoms with Crippen LogP contribution in [0.4, 0.5) is 18.9 Å². The van der Waals surface area contributed by atoms with Crippen LogP contribution in [0.5, 0.6) is 0 Å². The van der Waals surface area contributed by atoms with Crippen LogP contribution in [-0.4, -0.2) is 44.7 Å². The van der Waals surface area contributed by atoms with Gasteiger partial charge in [0.15, 0.2) is 0 Å². The Labute approximate surface area is 162 Å². The zero-order valence-electron chi connectivity index (χ0n) is 14.1. The molecule has 2 rings (SSSR count). The van der Waals surface area contributed by atoms with Crippen molar-refractivity contribution in [2.45, 2.75) is 12.7 Å². The Bertz CT molecular complexity index is 885. The summed E-state index contributed by atoms with van der Waals surface area (Å²) >= 11 is 3.19. The first-order chi connectivity index (χ1) is 12.5. The summed E-state index contributed by atoms with van der Waals surface area (Å²) in [6.07, 6.45) is -2.50. The number of carbonyl (C=O) groups is 1. The lowest BCUT2D eigenvalue weighted by molar-refractivity contribution is -0.161. The van der Waals surface area contributed by atoms with E-state index in [2.05, 4.69) is 15.9 Å². The maximum atomic E-state index is 12.9. The molecule has 0 radical (unpaired) electrons. The zero-order valence-corrected chi connectivity index (χ0v) is 16.5. The predicted octanol–water partition coefficient (Wildman–Crippen LogP) is 3.40. The van der Waals surface area contributed by atoms with Gasteiger partial charge < -0.3 is 9.32 Å². The number of anilines is 1. The summed E-state index contributed by atoms with van der Waals surface area (Å²) in [5.74, 6) is -0.857. The van der Waals surface area contributed by atoms with Crippen LogP contribution in [0.1, 0.15) is 5.76 Å². The molecule has 0 aliphatic heterocycles. The van der Waals surface area contributed by atoms with E-state index in [-0.39, 0.29) is 11.4 Å². The fraction of sp³-hybridized carbons (Fsp3) is 0.312. The van der Waals surface area contributed by atoms with Gasteiger partial charge in [-0.15, -0.1) is 0 Å². The molecular formula is C16H16BrF3N2O4S. The number of furan rings is 1. The molecular weight excluding hydrogens is 453 g/mol. The van der Waals surface area contributed by atoms with Gasteiger partial charge in [-0.05, 0) is 40.2 Å². The summed E-state index contributed by atoms with van der Waals surface area (Å²) in [5, 5.41) is 0. The molecule has 0 atom stereocenters. The number of rotatable bonds is 7. The highest BCUT2D eigenvalue weighted by Gasteiger charge is 2.35. The Morgan fingerprint density at radius 3 is 2.37 bits per heavy atom. The highest BCUT2D eigenvalue weighted by molar-refractivity contribution is 9.10. The molecule has 1 aromatic heterocycles. The lowest BCUT2D eigenvalue weighted by atomic mass is 10.3. The number of nitrogens with zero attached hydrogens (tertiary/aromatic N) is 2. The largest absolute Gasteiger partial charge is 0.467 e. The van der Waals surface area contributed by atoms with Gasteiger partial charge in [-0.1, -0.05) is 12.1 Å². The molecule has 1 amide bonds. The first-order valence-corrected chi connectivity index (χ1v) is 10.2. The van der Waals surface area contributed by atoms with Crippen LogP contribution in [0, 0.1) is 0 Å². The van der Waals surface area contributed by atoms with Crippen LogP contribution in [0.25, 0.3) is 0 Å². The number of carbonyl (C=O) groups excluding carboxylic acids is 1. The maximum Gasteiger partial charge on any atom is 0.406 e. The molecule has 148 valence electrons. The van der Waals surface area contributed by atoms with Gasteiger partial charge in [-0.2, -0.15) is 13.2 Å². The zero-order chi connectivity index (χ0) is 20.2. The van der Waals surface area contributed by atoms with Crippen molar-refractivity contribution in [1.82, 2.24) is 4.90 Å². The van der Waals surface area contributed by atoms with E-state index < -0.39 is 41.7 Å². The molecule has 0 aliphatic rings. The van der Waals surface area contributed by atoms with Crippen LogP contribution >= 0.6 is 15.9 Å². The second kappa shape index (κ2) is 8.34. The molecule has 27 heavy (non-hydrogen) atoms. The molecule has 0 saturated heterocycles. The molecule has 0 unspecified atom stereocenters. The van der Waals surface area contributed by atoms with Gasteiger partial charge >= 0.3 is 6.18 Å². The standard InChI is InChI=1S/C16H16BrF3N2O4S/c1-27(24,25)22(14-7-3-2-6-13(14)17)10-15(23)21(11-16(18,19)20)9-12-5-4-8-26-12/h2-8H,9-11H2,1H3. The molecule has 0 saturated carbocycles. The second-order valence-electron chi connectivity index (χ2n) is 5.67. The lowest BCUT2D eigenvalue weighted by Gasteiger charge is -2.28. The first kappa shape index (κ1) is 21.3. The van der Waals surface area contributed by atoms with E-state index in [1.165, 1.54) is 24.5 Å². The molecule has 0 fully saturated rings. The summed E-state index contributed by atoms with van der Waals surface area (Å²) in [7, 11) is -3.92. The van der Waals surface area contributed by atoms with E-state index in [1.807, 2.05) is 0 Å². The van der Waals surface area contributed by atoms with Crippen molar-refractivity contribution in [2.75, 3.05) is 23.7 Å². The minimum atomic E-state index is -4.65. The summed E-state index contributed by atoms with van der Waals surface area (Å²) in [4.78, 5) is 13.1. The number of alkyl halides is 3. The second-order valence-corrected chi connectivity index (χ2v) is 8.43. The third kappa shape index (κ3) is 6.28. The quantitative estimate of drug-likeness (QED) is 0.624. The normalized spacial score (nSPS) is 12.0. The summed E-state index contributed by atoms with van der Waals surface area (Å²) in [6, 6.07) is 9.11. The van der Waals surface area contributed by atoms with E-state index in [9.17, 15) is 26.4 Å². The lowest BCUT2D eigenvalue weighted by Crippen LogP contribution is -2.45. The SMILES string of the molecule is CS(=O)(=O)N(CC(=O)N(Cc1ccco1)CC(F)(F)F)c1ccccc1Br. The van der Waals surface area contributed by atoms with Gasteiger partial charge in [0.2, 0.25) is 15.9 Å². The van der Waals surface area contributed by atoms with E-state index in [1.54, 1.807) is 18.2 Å². The van der Waals surface area contributed by atoms with Crippen LogP contribution in [0.3, 0.4) is 0 Å². The number of amides is 1. The highest BCUT2D eigenvalue weighted by Crippen LogP contribution is 2.28. The van der Waals surface area contributed by atoms with Gasteiger partial charge in [-0.3, -0.25) is 9.10 Å². The van der Waals surface area contributed by atoms with E-state index in [0.29, 0.717) is 9.37 Å². The smallest absolute Gasteiger partial charge is 0.406 e. The van der Waals surface area contributed by atoms with Crippen LogP contribution in [-0.2, 0) is 21.4 Å². The van der Waals surface area contributed by atoms with Crippen LogP contribution in [0.2, 0.25) is 0 Å². The summed E-state index contributed by atoms with van der Waals surface area (Å²) in [6.45, 7) is -2.74. The topological polar surface area (TPSA) is 70.8 Å². The number of sulfonamides is 1. The molecule has 2 aromatic rings. The van der Waals surface area contributed by atoms with Gasteiger partial charge in [-0.25, -0.2) is 8.42 Å². The fourth-order valence-electron chi connectivity index (χ4n) is 2.30. The van der Waals surface area contributed by atoms with Gasteiger partial charge in [0, 0.05) is 4.47 Å². The van der Waals surface area contributed by atoms with Gasteiger partial charge in [0.05, 0.1) is 24.8 Å². The Hall–Kier alpha value is -2.01. The number of hydrogen-bond donors (Lipinski definition) is 0. The van der Waals surface area contributed by atoms with Crippen LogP contribution in [0.15, 0.2) is 51.6 Å². The van der Waals surface area contributed by atoms with Crippen LogP contribution < -0.4 is 4.31 Å². The molecule has 1 heterocycles. The monoisotopic (exact) mass is 468 g/mol. The Morgan fingerprint density at radius 1 is 1.19 bits per heavy atom. The predicted molar refractivity (Wildman–Crippen MR) is 96.5 cm³/mol. The highest BCUT2D eigenvalue weighted by atomic mass is 79.9. The number of para-hydroxylation sites is 1. The minimum absolute atomic E-state index is 0.151. The van der Waals surface area contributed by atoms with E-state index in [4.69, 9.17) is 4.42 Å². The van der Waals surface area contributed by atoms with Crippen molar-refractivity contribution in [1.29, 1.82) is 0 Å². The number of halogens is 4. The summed E-state index contributed by atoms with van der Waals surface area (Å²) < 4.78 is 69.1. The maximum absolute atomic E-state index is 12.9. The first-order valence-electron chi connectivity index (χ1n) is 7.56. The molecule has 0 aliphatic carbocycles. The fourth-order valence-corrected chi connectivity index (χ4v) is 3.77. The molecule has 1 aromatic carbocycles. The summed E-state index contributed by atoms with van der Waals surface area (Å²) in [5.41, 5.74) is 0.151. The molecule has 11 heteroatoms. The van der Waals surface area contributed by atoms with Crippen molar-refractivity contribution >= 4 is 37.5 Å². The Morgan fingerprint density at radius 2 is 1.85 bits per heavy atom.